The number of esters is 1. The molecule has 2 rings (SSSR count). The highest BCUT2D eigenvalue weighted by atomic mass is 16.5. The lowest BCUT2D eigenvalue weighted by Crippen LogP contribution is -2.05. The zero-order valence-electron chi connectivity index (χ0n) is 11.6. The number of methoxy groups -OCH3 is 2. The summed E-state index contributed by atoms with van der Waals surface area (Å²) in [7, 11) is 2.78. The van der Waals surface area contributed by atoms with Crippen molar-refractivity contribution in [1.82, 2.24) is 0 Å². The maximum Gasteiger partial charge on any atom is 0.348 e. The molecule has 104 valence electrons. The van der Waals surface area contributed by atoms with Crippen LogP contribution in [0, 0.1) is 11.3 Å². The lowest BCUT2D eigenvalue weighted by molar-refractivity contribution is -0.135. The van der Waals surface area contributed by atoms with E-state index >= 15 is 0 Å². The average molecular weight is 273 g/mol. The summed E-state index contributed by atoms with van der Waals surface area (Å²) in [5.41, 5.74) is 1.59. The summed E-state index contributed by atoms with van der Waals surface area (Å²) in [5.74, 6) is 0.675. The fourth-order valence-corrected chi connectivity index (χ4v) is 2.15. The predicted molar refractivity (Wildman–Crippen MR) is 72.4 cm³/mol. The van der Waals surface area contributed by atoms with Crippen LogP contribution in [0.5, 0.6) is 11.5 Å². The van der Waals surface area contributed by atoms with Crippen LogP contribution in [0.3, 0.4) is 0 Å². The van der Waals surface area contributed by atoms with Gasteiger partial charge < -0.3 is 14.2 Å². The molecule has 0 spiro atoms. The number of nitriles is 1. The van der Waals surface area contributed by atoms with Gasteiger partial charge in [0.15, 0.2) is 0 Å². The van der Waals surface area contributed by atoms with Crippen molar-refractivity contribution in [3.05, 3.63) is 28.8 Å². The Kier molecular flexibility index (Phi) is 3.94. The molecule has 20 heavy (non-hydrogen) atoms. The van der Waals surface area contributed by atoms with Crippen molar-refractivity contribution in [3.63, 3.8) is 0 Å². The number of nitrogens with zero attached hydrogens (tertiary/aromatic N) is 1. The SMILES string of the molecule is COC(=O)/C(C#N)=C\c1cc2c(cc1OC)CC(C)O2. The van der Waals surface area contributed by atoms with E-state index in [9.17, 15) is 4.79 Å². The Morgan fingerprint density at radius 2 is 2.25 bits per heavy atom. The van der Waals surface area contributed by atoms with Gasteiger partial charge in [-0.15, -0.1) is 0 Å². The molecule has 0 saturated heterocycles. The van der Waals surface area contributed by atoms with Gasteiger partial charge in [-0.25, -0.2) is 4.79 Å². The van der Waals surface area contributed by atoms with Gasteiger partial charge in [-0.1, -0.05) is 0 Å². The number of hydrogen-bond donors (Lipinski definition) is 0. The molecular weight excluding hydrogens is 258 g/mol. The van der Waals surface area contributed by atoms with Gasteiger partial charge in [0.05, 0.1) is 14.2 Å². The summed E-state index contributed by atoms with van der Waals surface area (Å²) >= 11 is 0. The highest BCUT2D eigenvalue weighted by Crippen LogP contribution is 2.35. The van der Waals surface area contributed by atoms with Gasteiger partial charge in [-0.3, -0.25) is 0 Å². The van der Waals surface area contributed by atoms with Crippen molar-refractivity contribution in [2.45, 2.75) is 19.4 Å². The van der Waals surface area contributed by atoms with Crippen LogP contribution in [0.1, 0.15) is 18.1 Å². The van der Waals surface area contributed by atoms with Gasteiger partial charge in [0.1, 0.15) is 29.2 Å². The normalized spacial score (nSPS) is 16.9. The first-order valence-electron chi connectivity index (χ1n) is 6.16. The Morgan fingerprint density at radius 1 is 1.50 bits per heavy atom. The average Bonchev–Trinajstić information content (AvgIpc) is 2.81. The van der Waals surface area contributed by atoms with Crippen LogP contribution in [0.4, 0.5) is 0 Å². The van der Waals surface area contributed by atoms with Crippen LogP contribution in [0.25, 0.3) is 6.08 Å². The number of carbonyl (C=O) groups excluding carboxylic acids is 1. The summed E-state index contributed by atoms with van der Waals surface area (Å²) in [6, 6.07) is 5.47. The molecule has 1 unspecified atom stereocenters. The molecule has 0 N–H and O–H groups in total. The molecule has 1 aliphatic rings. The maximum atomic E-state index is 11.4. The summed E-state index contributed by atoms with van der Waals surface area (Å²) in [5, 5.41) is 9.00. The second kappa shape index (κ2) is 5.66. The third-order valence-electron chi connectivity index (χ3n) is 3.07. The predicted octanol–water partition coefficient (Wildman–Crippen LogP) is 2.10. The summed E-state index contributed by atoms with van der Waals surface area (Å²) < 4.78 is 15.5. The number of benzene rings is 1. The quantitative estimate of drug-likeness (QED) is 0.479. The smallest absolute Gasteiger partial charge is 0.348 e. The fourth-order valence-electron chi connectivity index (χ4n) is 2.15. The number of fused-ring (bicyclic) bond motifs is 1. The first-order valence-corrected chi connectivity index (χ1v) is 6.16. The molecule has 1 atom stereocenters. The molecule has 0 radical (unpaired) electrons. The van der Waals surface area contributed by atoms with E-state index in [1.54, 1.807) is 13.2 Å². The van der Waals surface area contributed by atoms with Crippen molar-refractivity contribution in [3.8, 4) is 17.6 Å². The van der Waals surface area contributed by atoms with E-state index < -0.39 is 5.97 Å². The maximum absolute atomic E-state index is 11.4. The molecule has 0 amide bonds. The van der Waals surface area contributed by atoms with E-state index in [1.165, 1.54) is 13.2 Å². The Labute approximate surface area is 117 Å². The van der Waals surface area contributed by atoms with E-state index in [2.05, 4.69) is 4.74 Å². The van der Waals surface area contributed by atoms with Gasteiger partial charge in [0, 0.05) is 17.5 Å². The number of rotatable bonds is 3. The van der Waals surface area contributed by atoms with Crippen LogP contribution in [-0.4, -0.2) is 26.3 Å². The Bertz CT molecular complexity index is 613. The van der Waals surface area contributed by atoms with Gasteiger partial charge in [-0.2, -0.15) is 5.26 Å². The fraction of sp³-hybridized carbons (Fsp3) is 0.333. The third-order valence-corrected chi connectivity index (χ3v) is 3.07. The second-order valence-electron chi connectivity index (χ2n) is 4.50. The minimum Gasteiger partial charge on any atom is -0.496 e. The second-order valence-corrected chi connectivity index (χ2v) is 4.50. The first kappa shape index (κ1) is 13.9. The third kappa shape index (κ3) is 2.59. The van der Waals surface area contributed by atoms with Crippen molar-refractivity contribution in [2.75, 3.05) is 14.2 Å². The van der Waals surface area contributed by atoms with Crippen molar-refractivity contribution < 1.29 is 19.0 Å². The molecule has 0 saturated carbocycles. The Hall–Kier alpha value is -2.48. The minimum atomic E-state index is -0.677. The van der Waals surface area contributed by atoms with Crippen LogP contribution < -0.4 is 9.47 Å². The minimum absolute atomic E-state index is 0.0863. The molecule has 0 aromatic heterocycles. The Morgan fingerprint density at radius 3 is 2.85 bits per heavy atom. The number of hydrogen-bond acceptors (Lipinski definition) is 5. The number of carbonyl (C=O) groups is 1. The molecule has 5 nitrogen and oxygen atoms in total. The van der Waals surface area contributed by atoms with Crippen LogP contribution in [-0.2, 0) is 16.0 Å². The molecule has 0 bridgehead atoms. The molecule has 0 aliphatic carbocycles. The molecule has 1 aliphatic heterocycles. The highest BCUT2D eigenvalue weighted by Gasteiger charge is 2.21. The lowest BCUT2D eigenvalue weighted by atomic mass is 10.0. The van der Waals surface area contributed by atoms with Gasteiger partial charge in [0.25, 0.3) is 0 Å². The van der Waals surface area contributed by atoms with Crippen LogP contribution >= 0.6 is 0 Å². The lowest BCUT2D eigenvalue weighted by Gasteiger charge is -2.08. The molecular formula is C15H15NO4. The zero-order valence-corrected chi connectivity index (χ0v) is 11.6. The first-order chi connectivity index (χ1) is 9.58. The van der Waals surface area contributed by atoms with Gasteiger partial charge >= 0.3 is 5.97 Å². The van der Waals surface area contributed by atoms with E-state index in [0.717, 1.165) is 17.7 Å². The summed E-state index contributed by atoms with van der Waals surface area (Å²) in [6.07, 6.45) is 2.37. The standard InChI is InChI=1S/C15H15NO4/c1-9-4-10-6-13(18-2)11(7-14(10)20-9)5-12(8-16)15(17)19-3/h5-7,9H,4H2,1-3H3/b12-5-. The highest BCUT2D eigenvalue weighted by molar-refractivity contribution is 5.98. The zero-order chi connectivity index (χ0) is 14.7. The molecule has 5 heteroatoms. The van der Waals surface area contributed by atoms with Gasteiger partial charge in [0.2, 0.25) is 0 Å². The molecule has 1 heterocycles. The van der Waals surface area contributed by atoms with Crippen molar-refractivity contribution in [2.24, 2.45) is 0 Å². The van der Waals surface area contributed by atoms with E-state index in [1.807, 2.05) is 19.1 Å². The van der Waals surface area contributed by atoms with Crippen LogP contribution in [0.2, 0.25) is 0 Å². The Balaban J connectivity index is 2.47. The summed E-state index contributed by atoms with van der Waals surface area (Å²) in [6.45, 7) is 1.98. The summed E-state index contributed by atoms with van der Waals surface area (Å²) in [4.78, 5) is 11.4. The van der Waals surface area contributed by atoms with Gasteiger partial charge in [-0.05, 0) is 25.1 Å². The van der Waals surface area contributed by atoms with E-state index in [0.29, 0.717) is 11.3 Å². The molecule has 1 aromatic rings. The monoisotopic (exact) mass is 273 g/mol. The molecule has 1 aromatic carbocycles. The van der Waals surface area contributed by atoms with E-state index in [-0.39, 0.29) is 11.7 Å². The number of ether oxygens (including phenoxy) is 3. The van der Waals surface area contributed by atoms with Crippen LogP contribution in [0.15, 0.2) is 17.7 Å². The van der Waals surface area contributed by atoms with Crippen molar-refractivity contribution in [1.29, 1.82) is 5.26 Å². The van der Waals surface area contributed by atoms with Crippen molar-refractivity contribution >= 4 is 12.0 Å². The topological polar surface area (TPSA) is 68.6 Å². The largest absolute Gasteiger partial charge is 0.496 e. The van der Waals surface area contributed by atoms with E-state index in [4.69, 9.17) is 14.7 Å². The molecule has 0 fully saturated rings.